The Hall–Kier alpha value is -2.29. The Balaban J connectivity index is 1.38. The molecule has 8 heteroatoms. The standard InChI is InChI=1S/C25H34N4O3S/c1-4-18-7-6-8-19(5-2)24(18)29-14-20(13-23(29)30)25(31)27(3)15-21-17-33-22(26-21)16-28-9-11-32-12-10-28/h6-8,17,20H,4-5,9-16H2,1-3H3. The van der Waals surface area contributed by atoms with Gasteiger partial charge in [-0.1, -0.05) is 32.0 Å². The van der Waals surface area contributed by atoms with Crippen molar-refractivity contribution in [1.82, 2.24) is 14.8 Å². The van der Waals surface area contributed by atoms with Gasteiger partial charge in [-0.25, -0.2) is 4.98 Å². The lowest BCUT2D eigenvalue weighted by molar-refractivity contribution is -0.135. The first-order valence-electron chi connectivity index (χ1n) is 11.9. The van der Waals surface area contributed by atoms with Crippen LogP contribution >= 0.6 is 11.3 Å². The van der Waals surface area contributed by atoms with Gasteiger partial charge in [-0.2, -0.15) is 0 Å². The Morgan fingerprint density at radius 2 is 1.91 bits per heavy atom. The number of carbonyl (C=O) groups excluding carboxylic acids is 2. The summed E-state index contributed by atoms with van der Waals surface area (Å²) in [6, 6.07) is 6.22. The summed E-state index contributed by atoms with van der Waals surface area (Å²) in [6.45, 7) is 9.37. The number of hydrogen-bond donors (Lipinski definition) is 0. The minimum atomic E-state index is -0.316. The highest BCUT2D eigenvalue weighted by Crippen LogP contribution is 2.33. The fourth-order valence-electron chi connectivity index (χ4n) is 4.73. The average Bonchev–Trinajstić information content (AvgIpc) is 3.44. The second-order valence-corrected chi connectivity index (χ2v) is 9.80. The van der Waals surface area contributed by atoms with Crippen molar-refractivity contribution in [2.24, 2.45) is 5.92 Å². The molecule has 1 aromatic heterocycles. The van der Waals surface area contributed by atoms with Gasteiger partial charge in [-0.15, -0.1) is 11.3 Å². The third kappa shape index (κ3) is 5.45. The predicted octanol–water partition coefficient (Wildman–Crippen LogP) is 3.11. The quantitative estimate of drug-likeness (QED) is 0.593. The average molecular weight is 471 g/mol. The van der Waals surface area contributed by atoms with E-state index < -0.39 is 0 Å². The van der Waals surface area contributed by atoms with Crippen LogP contribution in [0.4, 0.5) is 5.69 Å². The summed E-state index contributed by atoms with van der Waals surface area (Å²) in [5.41, 5.74) is 4.25. The lowest BCUT2D eigenvalue weighted by Crippen LogP contribution is -2.35. The SMILES string of the molecule is CCc1cccc(CC)c1N1CC(C(=O)N(C)Cc2csc(CN3CCOCC3)n2)CC1=O. The zero-order valence-corrected chi connectivity index (χ0v) is 20.7. The van der Waals surface area contributed by atoms with Crippen LogP contribution < -0.4 is 4.90 Å². The van der Waals surface area contributed by atoms with Gasteiger partial charge in [0.05, 0.1) is 37.9 Å². The van der Waals surface area contributed by atoms with Gasteiger partial charge in [0, 0.05) is 44.2 Å². The largest absolute Gasteiger partial charge is 0.379 e. The number of anilines is 1. The summed E-state index contributed by atoms with van der Waals surface area (Å²) in [7, 11) is 1.81. The van der Waals surface area contributed by atoms with E-state index in [9.17, 15) is 9.59 Å². The van der Waals surface area contributed by atoms with E-state index in [1.807, 2.05) is 17.3 Å². The van der Waals surface area contributed by atoms with E-state index in [0.29, 0.717) is 13.1 Å². The van der Waals surface area contributed by atoms with Crippen molar-refractivity contribution < 1.29 is 14.3 Å². The van der Waals surface area contributed by atoms with Crippen LogP contribution in [-0.2, 0) is 40.3 Å². The van der Waals surface area contributed by atoms with E-state index in [-0.39, 0.29) is 24.2 Å². The van der Waals surface area contributed by atoms with Gasteiger partial charge in [0.25, 0.3) is 0 Å². The predicted molar refractivity (Wildman–Crippen MR) is 130 cm³/mol. The Morgan fingerprint density at radius 3 is 2.58 bits per heavy atom. The molecular weight excluding hydrogens is 436 g/mol. The summed E-state index contributed by atoms with van der Waals surface area (Å²) in [5.74, 6) is -0.261. The molecule has 1 atom stereocenters. The molecule has 0 aliphatic carbocycles. The molecule has 178 valence electrons. The van der Waals surface area contributed by atoms with Gasteiger partial charge >= 0.3 is 0 Å². The van der Waals surface area contributed by atoms with Crippen LogP contribution in [0.5, 0.6) is 0 Å². The van der Waals surface area contributed by atoms with Crippen molar-refractivity contribution >= 4 is 28.8 Å². The zero-order chi connectivity index (χ0) is 23.4. The lowest BCUT2D eigenvalue weighted by atomic mass is 10.0. The number of benzene rings is 1. The summed E-state index contributed by atoms with van der Waals surface area (Å²) >= 11 is 1.64. The van der Waals surface area contributed by atoms with Crippen LogP contribution in [0.3, 0.4) is 0 Å². The molecule has 0 N–H and O–H groups in total. The van der Waals surface area contributed by atoms with Gasteiger partial charge in [-0.3, -0.25) is 14.5 Å². The first kappa shape index (κ1) is 23.9. The molecule has 2 aliphatic heterocycles. The fraction of sp³-hybridized carbons (Fsp3) is 0.560. The molecule has 2 aliphatic rings. The summed E-state index contributed by atoms with van der Waals surface area (Å²) < 4.78 is 5.41. The molecule has 1 aromatic carbocycles. The molecule has 0 radical (unpaired) electrons. The van der Waals surface area contributed by atoms with Crippen LogP contribution in [-0.4, -0.2) is 66.5 Å². The number of aromatic nitrogens is 1. The Morgan fingerprint density at radius 1 is 1.21 bits per heavy atom. The highest BCUT2D eigenvalue weighted by Gasteiger charge is 2.37. The van der Waals surface area contributed by atoms with Crippen LogP contribution in [0.15, 0.2) is 23.6 Å². The Labute approximate surface area is 200 Å². The monoisotopic (exact) mass is 470 g/mol. The molecular formula is C25H34N4O3S. The van der Waals surface area contributed by atoms with Crippen molar-refractivity contribution in [2.45, 2.75) is 46.2 Å². The van der Waals surface area contributed by atoms with Gasteiger partial charge < -0.3 is 14.5 Å². The molecule has 4 rings (SSSR count). The molecule has 2 aromatic rings. The van der Waals surface area contributed by atoms with Crippen LogP contribution in [0, 0.1) is 5.92 Å². The maximum atomic E-state index is 13.2. The highest BCUT2D eigenvalue weighted by atomic mass is 32.1. The minimum absolute atomic E-state index is 0.0145. The topological polar surface area (TPSA) is 66.0 Å². The van der Waals surface area contributed by atoms with Gasteiger partial charge in [-0.05, 0) is 24.0 Å². The van der Waals surface area contributed by atoms with E-state index in [0.717, 1.165) is 62.1 Å². The highest BCUT2D eigenvalue weighted by molar-refractivity contribution is 7.09. The lowest BCUT2D eigenvalue weighted by Gasteiger charge is -2.25. The van der Waals surface area contributed by atoms with Gasteiger partial charge in [0.15, 0.2) is 0 Å². The number of nitrogens with zero attached hydrogens (tertiary/aromatic N) is 4. The van der Waals surface area contributed by atoms with Crippen molar-refractivity contribution in [3.8, 4) is 0 Å². The Bertz CT molecular complexity index is 964. The first-order chi connectivity index (χ1) is 16.0. The van der Waals surface area contributed by atoms with E-state index in [1.54, 1.807) is 16.2 Å². The number of hydrogen-bond acceptors (Lipinski definition) is 6. The summed E-state index contributed by atoms with van der Waals surface area (Å²) in [6.07, 6.45) is 1.99. The number of amides is 2. The van der Waals surface area contributed by atoms with Crippen molar-refractivity contribution in [2.75, 3.05) is 44.8 Å². The normalized spacial score (nSPS) is 19.3. The summed E-state index contributed by atoms with van der Waals surface area (Å²) in [5, 5.41) is 3.11. The van der Waals surface area contributed by atoms with Crippen molar-refractivity contribution in [3.63, 3.8) is 0 Å². The van der Waals surface area contributed by atoms with Crippen LogP contribution in [0.2, 0.25) is 0 Å². The van der Waals surface area contributed by atoms with Crippen LogP contribution in [0.25, 0.3) is 0 Å². The molecule has 2 fully saturated rings. The molecule has 0 saturated carbocycles. The Kier molecular flexibility index (Phi) is 7.78. The first-order valence-corrected chi connectivity index (χ1v) is 12.8. The maximum absolute atomic E-state index is 13.2. The molecule has 0 bridgehead atoms. The molecule has 0 spiro atoms. The zero-order valence-electron chi connectivity index (χ0n) is 19.9. The number of ether oxygens (including phenoxy) is 1. The van der Waals surface area contributed by atoms with E-state index in [1.165, 1.54) is 11.1 Å². The molecule has 2 saturated heterocycles. The third-order valence-corrected chi connectivity index (χ3v) is 7.43. The van der Waals surface area contributed by atoms with Crippen LogP contribution in [0.1, 0.15) is 42.1 Å². The summed E-state index contributed by atoms with van der Waals surface area (Å²) in [4.78, 5) is 36.8. The van der Waals surface area contributed by atoms with Gasteiger partial charge in [0.1, 0.15) is 5.01 Å². The van der Waals surface area contributed by atoms with Crippen molar-refractivity contribution in [3.05, 3.63) is 45.4 Å². The maximum Gasteiger partial charge on any atom is 0.228 e. The molecule has 1 unspecified atom stereocenters. The number of para-hydroxylation sites is 1. The fourth-order valence-corrected chi connectivity index (χ4v) is 5.55. The van der Waals surface area contributed by atoms with E-state index in [2.05, 4.69) is 36.9 Å². The smallest absolute Gasteiger partial charge is 0.228 e. The number of aryl methyl sites for hydroxylation is 2. The third-order valence-electron chi connectivity index (χ3n) is 6.55. The van der Waals surface area contributed by atoms with Gasteiger partial charge in [0.2, 0.25) is 11.8 Å². The molecule has 7 nitrogen and oxygen atoms in total. The number of morpholine rings is 1. The van der Waals surface area contributed by atoms with E-state index >= 15 is 0 Å². The number of carbonyl (C=O) groups is 2. The second kappa shape index (κ2) is 10.8. The second-order valence-electron chi connectivity index (χ2n) is 8.85. The molecule has 33 heavy (non-hydrogen) atoms. The molecule has 2 amide bonds. The van der Waals surface area contributed by atoms with Crippen molar-refractivity contribution in [1.29, 1.82) is 0 Å². The minimum Gasteiger partial charge on any atom is -0.379 e. The number of thiazole rings is 1. The van der Waals surface area contributed by atoms with E-state index in [4.69, 9.17) is 9.72 Å². The number of rotatable bonds is 8. The molecule has 3 heterocycles.